The molecule has 4 rings (SSSR count). The molecule has 0 amide bonds. The first-order valence-electron chi connectivity index (χ1n) is 7.08. The van der Waals surface area contributed by atoms with Gasteiger partial charge < -0.3 is 0 Å². The molecule has 1 aliphatic rings. The van der Waals surface area contributed by atoms with E-state index in [0.717, 1.165) is 10.4 Å². The summed E-state index contributed by atoms with van der Waals surface area (Å²) in [7, 11) is 0. The third-order valence-electron chi connectivity index (χ3n) is 4.19. The third-order valence-corrected chi connectivity index (χ3v) is 5.13. The molecule has 0 unspecified atom stereocenters. The van der Waals surface area contributed by atoms with Gasteiger partial charge in [-0.1, -0.05) is 60.7 Å². The van der Waals surface area contributed by atoms with Gasteiger partial charge in [0.2, 0.25) is 0 Å². The molecule has 0 N–H and O–H groups in total. The van der Waals surface area contributed by atoms with Crippen molar-refractivity contribution >= 4 is 17.1 Å². The highest BCUT2D eigenvalue weighted by Gasteiger charge is 2.42. The number of carbonyl (C=O) groups is 1. The largest absolute Gasteiger partial charge is 0.293 e. The van der Waals surface area contributed by atoms with Crippen LogP contribution in [-0.2, 0) is 0 Å². The van der Waals surface area contributed by atoms with Crippen LogP contribution in [0.2, 0.25) is 0 Å². The number of Topliss-reactive ketones (excluding diaryl/α,β-unsaturated/α-hetero) is 1. The van der Waals surface area contributed by atoms with Gasteiger partial charge in [0, 0.05) is 5.92 Å². The van der Waals surface area contributed by atoms with Crippen molar-refractivity contribution in [2.45, 2.75) is 11.8 Å². The number of fused-ring (bicyclic) bond motifs is 1. The Morgan fingerprint density at radius 3 is 1.90 bits per heavy atom. The first-order chi connectivity index (χ1) is 10.4. The van der Waals surface area contributed by atoms with Crippen molar-refractivity contribution < 1.29 is 4.79 Å². The highest BCUT2D eigenvalue weighted by Crippen LogP contribution is 2.49. The minimum absolute atomic E-state index is 0.0870. The summed E-state index contributed by atoms with van der Waals surface area (Å²) in [4.78, 5) is 13.8. The fourth-order valence-corrected chi connectivity index (χ4v) is 4.20. The Morgan fingerprint density at radius 1 is 0.714 bits per heavy atom. The van der Waals surface area contributed by atoms with Crippen LogP contribution in [0.25, 0.3) is 0 Å². The first kappa shape index (κ1) is 12.5. The van der Waals surface area contributed by atoms with Crippen LogP contribution >= 0.6 is 11.3 Å². The van der Waals surface area contributed by atoms with Crippen LogP contribution in [0.1, 0.15) is 38.2 Å². The second-order valence-corrected chi connectivity index (χ2v) is 6.26. The lowest BCUT2D eigenvalue weighted by Crippen LogP contribution is -2.12. The summed E-state index contributed by atoms with van der Waals surface area (Å²) in [6.45, 7) is 0. The first-order valence-corrected chi connectivity index (χ1v) is 7.96. The van der Waals surface area contributed by atoms with Crippen molar-refractivity contribution in [3.8, 4) is 0 Å². The summed E-state index contributed by atoms with van der Waals surface area (Å²) in [5.41, 5.74) is 3.52. The molecular weight excluding hydrogens is 276 g/mol. The summed E-state index contributed by atoms with van der Waals surface area (Å²) in [5, 5.41) is 2.03. The normalized spacial score (nSPS) is 20.5. The smallest absolute Gasteiger partial charge is 0.181 e. The second-order valence-electron chi connectivity index (χ2n) is 5.35. The van der Waals surface area contributed by atoms with Crippen LogP contribution in [0.15, 0.2) is 72.1 Å². The number of hydrogen-bond acceptors (Lipinski definition) is 2. The molecule has 0 aliphatic heterocycles. The van der Waals surface area contributed by atoms with Crippen molar-refractivity contribution in [3.63, 3.8) is 0 Å². The van der Waals surface area contributed by atoms with Crippen molar-refractivity contribution in [2.24, 2.45) is 0 Å². The van der Waals surface area contributed by atoms with E-state index in [0.29, 0.717) is 0 Å². The zero-order valence-corrected chi connectivity index (χ0v) is 12.2. The Labute approximate surface area is 127 Å². The lowest BCUT2D eigenvalue weighted by atomic mass is 9.81. The number of thiophene rings is 1. The zero-order valence-electron chi connectivity index (χ0n) is 11.4. The van der Waals surface area contributed by atoms with Gasteiger partial charge >= 0.3 is 0 Å². The summed E-state index contributed by atoms with van der Waals surface area (Å²) >= 11 is 1.57. The minimum Gasteiger partial charge on any atom is -0.293 e. The summed E-state index contributed by atoms with van der Waals surface area (Å²) < 4.78 is 0. The van der Waals surface area contributed by atoms with Crippen molar-refractivity contribution in [1.29, 1.82) is 0 Å². The number of hydrogen-bond donors (Lipinski definition) is 0. The number of benzene rings is 2. The Bertz CT molecular complexity index is 774. The lowest BCUT2D eigenvalue weighted by molar-refractivity contribution is 0.0971. The van der Waals surface area contributed by atoms with Crippen molar-refractivity contribution in [3.05, 3.63) is 93.7 Å². The van der Waals surface area contributed by atoms with E-state index >= 15 is 0 Å². The summed E-state index contributed by atoms with van der Waals surface area (Å²) in [6.07, 6.45) is 0. The quantitative estimate of drug-likeness (QED) is 0.658. The molecule has 2 atom stereocenters. The molecule has 3 aromatic rings. The third kappa shape index (κ3) is 1.95. The van der Waals surface area contributed by atoms with E-state index in [1.807, 2.05) is 41.8 Å². The Hall–Kier alpha value is -2.19. The van der Waals surface area contributed by atoms with Crippen LogP contribution in [0.5, 0.6) is 0 Å². The van der Waals surface area contributed by atoms with Gasteiger partial charge in [0.15, 0.2) is 5.78 Å². The Balaban J connectivity index is 1.90. The van der Waals surface area contributed by atoms with Gasteiger partial charge in [-0.15, -0.1) is 11.3 Å². The average molecular weight is 290 g/mol. The van der Waals surface area contributed by atoms with E-state index in [1.165, 1.54) is 11.1 Å². The summed E-state index contributed by atoms with van der Waals surface area (Å²) in [5.74, 6) is 0.318. The molecule has 2 aromatic carbocycles. The molecule has 21 heavy (non-hydrogen) atoms. The molecule has 2 heteroatoms. The van der Waals surface area contributed by atoms with Gasteiger partial charge in [0.25, 0.3) is 0 Å². The monoisotopic (exact) mass is 290 g/mol. The van der Waals surface area contributed by atoms with E-state index in [1.54, 1.807) is 11.3 Å². The van der Waals surface area contributed by atoms with E-state index in [-0.39, 0.29) is 17.6 Å². The van der Waals surface area contributed by atoms with Crippen LogP contribution in [0.3, 0.4) is 0 Å². The lowest BCUT2D eigenvalue weighted by Gasteiger charge is -2.20. The minimum atomic E-state index is -0.0870. The predicted octanol–water partition coefficient (Wildman–Crippen LogP) is 4.86. The maximum Gasteiger partial charge on any atom is 0.181 e. The molecule has 1 aromatic heterocycles. The van der Waals surface area contributed by atoms with Gasteiger partial charge in [-0.05, 0) is 28.1 Å². The molecule has 1 heterocycles. The van der Waals surface area contributed by atoms with E-state index < -0.39 is 0 Å². The SMILES string of the molecule is O=C1c2sccc2[C@@H](c2ccccc2)[C@@H]1c1ccccc1. The second kappa shape index (κ2) is 4.97. The molecular formula is C19H14OS. The highest BCUT2D eigenvalue weighted by molar-refractivity contribution is 7.12. The van der Waals surface area contributed by atoms with Crippen LogP contribution < -0.4 is 0 Å². The van der Waals surface area contributed by atoms with Gasteiger partial charge in [-0.2, -0.15) is 0 Å². The van der Waals surface area contributed by atoms with Crippen molar-refractivity contribution in [1.82, 2.24) is 0 Å². The highest BCUT2D eigenvalue weighted by atomic mass is 32.1. The molecule has 1 nitrogen and oxygen atoms in total. The van der Waals surface area contributed by atoms with Crippen LogP contribution in [-0.4, -0.2) is 5.78 Å². The Morgan fingerprint density at radius 2 is 1.29 bits per heavy atom. The fourth-order valence-electron chi connectivity index (χ4n) is 3.27. The van der Waals surface area contributed by atoms with Gasteiger partial charge in [0.05, 0.1) is 10.8 Å². The van der Waals surface area contributed by atoms with Crippen LogP contribution in [0, 0.1) is 0 Å². The van der Waals surface area contributed by atoms with E-state index in [4.69, 9.17) is 0 Å². The molecule has 1 aliphatic carbocycles. The molecule has 0 spiro atoms. The maximum atomic E-state index is 12.9. The molecule has 102 valence electrons. The molecule has 0 fully saturated rings. The van der Waals surface area contributed by atoms with Crippen LogP contribution in [0.4, 0.5) is 0 Å². The summed E-state index contributed by atoms with van der Waals surface area (Å²) in [6, 6.07) is 22.6. The number of rotatable bonds is 2. The average Bonchev–Trinajstić information content (AvgIpc) is 3.11. The predicted molar refractivity (Wildman–Crippen MR) is 86.1 cm³/mol. The van der Waals surface area contributed by atoms with E-state index in [9.17, 15) is 4.79 Å². The topological polar surface area (TPSA) is 17.1 Å². The number of ketones is 1. The standard InChI is InChI=1S/C19H14OS/c20-18-17(14-9-5-2-6-10-14)16(13-7-3-1-4-8-13)15-11-12-21-19(15)18/h1-12,16-17H/t16-,17+/m1/s1. The fraction of sp³-hybridized carbons (Fsp3) is 0.105. The molecule has 0 bridgehead atoms. The molecule has 0 saturated heterocycles. The van der Waals surface area contributed by atoms with Gasteiger partial charge in [-0.3, -0.25) is 4.79 Å². The van der Waals surface area contributed by atoms with Gasteiger partial charge in [-0.25, -0.2) is 0 Å². The molecule has 0 radical (unpaired) electrons. The van der Waals surface area contributed by atoms with Crippen molar-refractivity contribution in [2.75, 3.05) is 0 Å². The molecule has 0 saturated carbocycles. The maximum absolute atomic E-state index is 12.9. The number of carbonyl (C=O) groups excluding carboxylic acids is 1. The van der Waals surface area contributed by atoms with Gasteiger partial charge in [0.1, 0.15) is 0 Å². The zero-order chi connectivity index (χ0) is 14.2. The van der Waals surface area contributed by atoms with E-state index in [2.05, 4.69) is 30.3 Å². The Kier molecular flexibility index (Phi) is 2.97.